The highest BCUT2D eigenvalue weighted by molar-refractivity contribution is 5.76. The van der Waals surface area contributed by atoms with E-state index in [9.17, 15) is 9.59 Å². The van der Waals surface area contributed by atoms with Gasteiger partial charge in [0, 0.05) is 13.0 Å². The summed E-state index contributed by atoms with van der Waals surface area (Å²) in [6.07, 6.45) is 2.98. The van der Waals surface area contributed by atoms with E-state index < -0.39 is 5.97 Å². The van der Waals surface area contributed by atoms with Crippen LogP contribution in [0.5, 0.6) is 0 Å². The number of hydrogen-bond donors (Lipinski definition) is 2. The van der Waals surface area contributed by atoms with Gasteiger partial charge in [0.25, 0.3) is 0 Å². The summed E-state index contributed by atoms with van der Waals surface area (Å²) in [6, 6.07) is 0.104. The first-order valence-corrected chi connectivity index (χ1v) is 5.11. The Labute approximate surface area is 82.7 Å². The second-order valence-electron chi connectivity index (χ2n) is 4.34. The molecule has 0 saturated heterocycles. The Hall–Kier alpha value is -1.06. The number of rotatable bonds is 2. The Kier molecular flexibility index (Phi) is 2.21. The van der Waals surface area contributed by atoms with Gasteiger partial charge in [-0.3, -0.25) is 9.59 Å². The van der Waals surface area contributed by atoms with Gasteiger partial charge in [0.2, 0.25) is 5.91 Å². The minimum absolute atomic E-state index is 0.0494. The zero-order valence-electron chi connectivity index (χ0n) is 8.19. The normalized spacial score (nSPS) is 39.8. The maximum Gasteiger partial charge on any atom is 0.307 e. The number of amides is 1. The molecule has 2 saturated carbocycles. The zero-order valence-corrected chi connectivity index (χ0v) is 8.19. The van der Waals surface area contributed by atoms with Crippen molar-refractivity contribution in [3.63, 3.8) is 0 Å². The Bertz CT molecular complexity index is 277. The third-order valence-electron chi connectivity index (χ3n) is 3.42. The van der Waals surface area contributed by atoms with E-state index >= 15 is 0 Å². The third kappa shape index (κ3) is 1.49. The molecule has 2 N–H and O–H groups in total. The predicted molar refractivity (Wildman–Crippen MR) is 49.6 cm³/mol. The molecule has 2 aliphatic carbocycles. The Morgan fingerprint density at radius 3 is 2.64 bits per heavy atom. The molecule has 2 rings (SSSR count). The number of carboxylic acid groups (broad SMARTS) is 1. The van der Waals surface area contributed by atoms with Crippen LogP contribution >= 0.6 is 0 Å². The van der Waals surface area contributed by atoms with Crippen molar-refractivity contribution in [3.05, 3.63) is 0 Å². The SMILES string of the molecule is CC(=O)NC1CCCC2C(C(=O)O)C12. The second-order valence-corrected chi connectivity index (χ2v) is 4.34. The van der Waals surface area contributed by atoms with E-state index in [4.69, 9.17) is 5.11 Å². The van der Waals surface area contributed by atoms with Crippen molar-refractivity contribution in [2.45, 2.75) is 32.2 Å². The van der Waals surface area contributed by atoms with Gasteiger partial charge in [-0.2, -0.15) is 0 Å². The molecule has 0 aromatic heterocycles. The van der Waals surface area contributed by atoms with E-state index in [1.165, 1.54) is 6.92 Å². The van der Waals surface area contributed by atoms with E-state index in [1.807, 2.05) is 0 Å². The lowest BCUT2D eigenvalue weighted by molar-refractivity contribution is -0.139. The fourth-order valence-electron chi connectivity index (χ4n) is 2.86. The van der Waals surface area contributed by atoms with Crippen LogP contribution in [-0.4, -0.2) is 23.0 Å². The molecule has 4 unspecified atom stereocenters. The number of hydrogen-bond acceptors (Lipinski definition) is 2. The molecule has 0 radical (unpaired) electrons. The minimum atomic E-state index is -0.697. The quantitative estimate of drug-likeness (QED) is 0.682. The van der Waals surface area contributed by atoms with Crippen LogP contribution in [0.3, 0.4) is 0 Å². The van der Waals surface area contributed by atoms with Crippen molar-refractivity contribution in [1.82, 2.24) is 5.32 Å². The molecule has 0 bridgehead atoms. The Morgan fingerprint density at radius 1 is 1.36 bits per heavy atom. The molecule has 2 aliphatic rings. The average molecular weight is 197 g/mol. The molecule has 4 atom stereocenters. The fourth-order valence-corrected chi connectivity index (χ4v) is 2.86. The van der Waals surface area contributed by atoms with Crippen LogP contribution in [0.1, 0.15) is 26.2 Å². The van der Waals surface area contributed by atoms with Gasteiger partial charge in [-0.25, -0.2) is 0 Å². The molecule has 0 spiro atoms. The molecule has 4 heteroatoms. The van der Waals surface area contributed by atoms with Gasteiger partial charge in [0.05, 0.1) is 5.92 Å². The van der Waals surface area contributed by atoms with Crippen LogP contribution in [0, 0.1) is 17.8 Å². The van der Waals surface area contributed by atoms with Crippen molar-refractivity contribution in [1.29, 1.82) is 0 Å². The smallest absolute Gasteiger partial charge is 0.307 e. The summed E-state index contributed by atoms with van der Waals surface area (Å²) in [5.41, 5.74) is 0. The summed E-state index contributed by atoms with van der Waals surface area (Å²) >= 11 is 0. The van der Waals surface area contributed by atoms with Gasteiger partial charge in [-0.1, -0.05) is 6.42 Å². The largest absolute Gasteiger partial charge is 0.481 e. The number of carboxylic acids is 1. The molecule has 0 aromatic carbocycles. The van der Waals surface area contributed by atoms with Gasteiger partial charge in [0.15, 0.2) is 0 Å². The number of fused-ring (bicyclic) bond motifs is 1. The molecule has 2 fully saturated rings. The maximum atomic E-state index is 10.9. The molecule has 78 valence electrons. The summed E-state index contributed by atoms with van der Waals surface area (Å²) in [5.74, 6) is -0.429. The van der Waals surface area contributed by atoms with E-state index in [-0.39, 0.29) is 23.8 Å². The van der Waals surface area contributed by atoms with Crippen LogP contribution in [0.15, 0.2) is 0 Å². The van der Waals surface area contributed by atoms with Crippen LogP contribution in [-0.2, 0) is 9.59 Å². The number of carbonyl (C=O) groups excluding carboxylic acids is 1. The van der Waals surface area contributed by atoms with Gasteiger partial charge < -0.3 is 10.4 Å². The van der Waals surface area contributed by atoms with Crippen LogP contribution in [0.4, 0.5) is 0 Å². The molecular weight excluding hydrogens is 182 g/mol. The number of carbonyl (C=O) groups is 2. The Balaban J connectivity index is 2.00. The molecule has 14 heavy (non-hydrogen) atoms. The van der Waals surface area contributed by atoms with Gasteiger partial charge in [0.1, 0.15) is 0 Å². The van der Waals surface area contributed by atoms with Crippen molar-refractivity contribution in [2.75, 3.05) is 0 Å². The van der Waals surface area contributed by atoms with Crippen LogP contribution < -0.4 is 5.32 Å². The Morgan fingerprint density at radius 2 is 2.07 bits per heavy atom. The molecule has 0 aromatic rings. The molecule has 0 heterocycles. The van der Waals surface area contributed by atoms with Crippen LogP contribution in [0.2, 0.25) is 0 Å². The maximum absolute atomic E-state index is 10.9. The molecule has 4 nitrogen and oxygen atoms in total. The van der Waals surface area contributed by atoms with E-state index in [1.54, 1.807) is 0 Å². The zero-order chi connectivity index (χ0) is 10.3. The van der Waals surface area contributed by atoms with Crippen molar-refractivity contribution >= 4 is 11.9 Å². The van der Waals surface area contributed by atoms with Crippen molar-refractivity contribution in [2.24, 2.45) is 17.8 Å². The molecule has 1 amide bonds. The van der Waals surface area contributed by atoms with Crippen LogP contribution in [0.25, 0.3) is 0 Å². The topological polar surface area (TPSA) is 66.4 Å². The lowest BCUT2D eigenvalue weighted by Gasteiger charge is -2.21. The summed E-state index contributed by atoms with van der Waals surface area (Å²) in [4.78, 5) is 21.7. The average Bonchev–Trinajstić information content (AvgIpc) is 2.77. The van der Waals surface area contributed by atoms with Gasteiger partial charge >= 0.3 is 5.97 Å². The summed E-state index contributed by atoms with van der Waals surface area (Å²) in [6.45, 7) is 1.49. The lowest BCUT2D eigenvalue weighted by Crippen LogP contribution is -2.37. The van der Waals surface area contributed by atoms with Crippen molar-refractivity contribution < 1.29 is 14.7 Å². The monoisotopic (exact) mass is 197 g/mol. The van der Waals surface area contributed by atoms with Gasteiger partial charge in [-0.05, 0) is 24.7 Å². The molecular formula is C10H15NO3. The highest BCUT2D eigenvalue weighted by Crippen LogP contribution is 2.55. The number of nitrogens with one attached hydrogen (secondary N) is 1. The summed E-state index contributed by atoms with van der Waals surface area (Å²) in [7, 11) is 0. The van der Waals surface area contributed by atoms with E-state index in [0.29, 0.717) is 5.92 Å². The summed E-state index contributed by atoms with van der Waals surface area (Å²) < 4.78 is 0. The first kappa shape index (κ1) is 9.49. The predicted octanol–water partition coefficient (Wildman–Crippen LogP) is 0.622. The lowest BCUT2D eigenvalue weighted by atomic mass is 9.95. The standard InChI is InChI=1S/C10H15NO3/c1-5(12)11-7-4-2-3-6-8(7)9(6)10(13)14/h6-9H,2-4H2,1H3,(H,11,12)(H,13,14). The highest BCUT2D eigenvalue weighted by atomic mass is 16.4. The first-order chi connectivity index (χ1) is 6.61. The van der Waals surface area contributed by atoms with E-state index in [2.05, 4.69) is 5.32 Å². The first-order valence-electron chi connectivity index (χ1n) is 5.11. The fraction of sp³-hybridized carbons (Fsp3) is 0.800. The number of aliphatic carboxylic acids is 1. The summed E-state index contributed by atoms with van der Waals surface area (Å²) in [5, 5.41) is 11.8. The highest BCUT2D eigenvalue weighted by Gasteiger charge is 2.59. The second kappa shape index (κ2) is 3.26. The van der Waals surface area contributed by atoms with Crippen molar-refractivity contribution in [3.8, 4) is 0 Å². The minimum Gasteiger partial charge on any atom is -0.481 e. The third-order valence-corrected chi connectivity index (χ3v) is 3.42. The van der Waals surface area contributed by atoms with E-state index in [0.717, 1.165) is 19.3 Å². The molecule has 0 aliphatic heterocycles. The van der Waals surface area contributed by atoms with Gasteiger partial charge in [-0.15, -0.1) is 0 Å².